The van der Waals surface area contributed by atoms with Crippen LogP contribution in [-0.4, -0.2) is 21.9 Å². The van der Waals surface area contributed by atoms with Crippen LogP contribution in [0.1, 0.15) is 80.1 Å². The third-order valence-electron chi connectivity index (χ3n) is 5.42. The highest BCUT2D eigenvalue weighted by Crippen LogP contribution is 2.52. The van der Waals surface area contributed by atoms with Crippen LogP contribution in [0.15, 0.2) is 0 Å². The van der Waals surface area contributed by atoms with Crippen molar-refractivity contribution in [1.29, 1.82) is 0 Å². The molecule has 1 saturated carbocycles. The Morgan fingerprint density at radius 3 is 2.05 bits per heavy atom. The Morgan fingerprint density at radius 1 is 0.895 bits per heavy atom. The summed E-state index contributed by atoms with van der Waals surface area (Å²) in [7, 11) is 0. The van der Waals surface area contributed by atoms with Crippen molar-refractivity contribution in [2.24, 2.45) is 11.3 Å². The highest BCUT2D eigenvalue weighted by molar-refractivity contribution is 5.04. The molecule has 1 N–H and O–H groups in total. The van der Waals surface area contributed by atoms with Gasteiger partial charge < -0.3 is 9.84 Å². The summed E-state index contributed by atoms with van der Waals surface area (Å²) in [4.78, 5) is 0. The van der Waals surface area contributed by atoms with Crippen LogP contribution in [0, 0.1) is 11.3 Å². The van der Waals surface area contributed by atoms with Gasteiger partial charge in [0.05, 0.1) is 16.8 Å². The molecule has 19 heavy (non-hydrogen) atoms. The number of hydrogen-bond donors (Lipinski definition) is 1. The summed E-state index contributed by atoms with van der Waals surface area (Å²) >= 11 is 0. The van der Waals surface area contributed by atoms with Crippen molar-refractivity contribution in [2.75, 3.05) is 0 Å². The normalized spacial score (nSPS) is 40.9. The van der Waals surface area contributed by atoms with Crippen LogP contribution in [0.2, 0.25) is 0 Å². The lowest BCUT2D eigenvalue weighted by Gasteiger charge is -2.40. The molecule has 0 aromatic carbocycles. The van der Waals surface area contributed by atoms with Crippen LogP contribution in [0.5, 0.6) is 0 Å². The number of ether oxygens (including phenoxy) is 1. The van der Waals surface area contributed by atoms with Gasteiger partial charge in [0.25, 0.3) is 0 Å². The zero-order valence-electron chi connectivity index (χ0n) is 13.7. The predicted octanol–water partition coefficient (Wildman–Crippen LogP) is 4.30. The van der Waals surface area contributed by atoms with Crippen LogP contribution in [0.4, 0.5) is 0 Å². The van der Waals surface area contributed by atoms with E-state index in [1.54, 1.807) is 0 Å². The van der Waals surface area contributed by atoms with Gasteiger partial charge in [-0.1, -0.05) is 20.3 Å². The van der Waals surface area contributed by atoms with Crippen LogP contribution < -0.4 is 0 Å². The van der Waals surface area contributed by atoms with Gasteiger partial charge >= 0.3 is 0 Å². The summed E-state index contributed by atoms with van der Waals surface area (Å²) < 4.78 is 6.20. The minimum absolute atomic E-state index is 0.105. The summed E-state index contributed by atoms with van der Waals surface area (Å²) in [6.45, 7) is 13.3. The van der Waals surface area contributed by atoms with E-state index in [0.29, 0.717) is 5.41 Å². The molecule has 1 saturated heterocycles. The summed E-state index contributed by atoms with van der Waals surface area (Å²) in [5, 5.41) is 11.3. The van der Waals surface area contributed by atoms with Crippen LogP contribution in [0.25, 0.3) is 0 Å². The molecule has 2 nitrogen and oxygen atoms in total. The maximum Gasteiger partial charge on any atom is 0.0704 e. The van der Waals surface area contributed by atoms with E-state index in [9.17, 15) is 5.11 Å². The van der Waals surface area contributed by atoms with Crippen molar-refractivity contribution < 1.29 is 9.84 Å². The SMILES string of the molecule is CC1(C)CCCC(O)(C2CC(C)(C)OC2(C)C)CC1. The molecule has 1 heterocycles. The lowest BCUT2D eigenvalue weighted by atomic mass is 9.70. The fourth-order valence-electron chi connectivity index (χ4n) is 4.43. The first-order valence-corrected chi connectivity index (χ1v) is 7.89. The average molecular weight is 268 g/mol. The molecule has 2 aliphatic rings. The van der Waals surface area contributed by atoms with Crippen LogP contribution in [-0.2, 0) is 4.74 Å². The molecule has 112 valence electrons. The molecule has 2 heteroatoms. The molecule has 2 fully saturated rings. The molecule has 2 rings (SSSR count). The van der Waals surface area contributed by atoms with E-state index in [1.165, 1.54) is 6.42 Å². The molecular weight excluding hydrogens is 236 g/mol. The van der Waals surface area contributed by atoms with Gasteiger partial charge in [-0.25, -0.2) is 0 Å². The fourth-order valence-corrected chi connectivity index (χ4v) is 4.43. The molecule has 1 aliphatic carbocycles. The highest BCUT2D eigenvalue weighted by Gasteiger charge is 2.55. The Kier molecular flexibility index (Phi) is 3.59. The average Bonchev–Trinajstić information content (AvgIpc) is 2.34. The fraction of sp³-hybridized carbons (Fsp3) is 1.00. The second kappa shape index (κ2) is 4.46. The Labute approximate surface area is 118 Å². The zero-order valence-corrected chi connectivity index (χ0v) is 13.7. The van der Waals surface area contributed by atoms with E-state index < -0.39 is 5.60 Å². The Bertz CT molecular complexity index is 343. The summed E-state index contributed by atoms with van der Waals surface area (Å²) in [6.07, 6.45) is 6.31. The van der Waals surface area contributed by atoms with Crippen molar-refractivity contribution in [3.8, 4) is 0 Å². The third kappa shape index (κ3) is 3.16. The van der Waals surface area contributed by atoms with Gasteiger partial charge in [-0.2, -0.15) is 0 Å². The van der Waals surface area contributed by atoms with E-state index in [2.05, 4.69) is 41.5 Å². The first kappa shape index (κ1) is 15.3. The molecule has 0 aromatic rings. The Morgan fingerprint density at radius 2 is 1.53 bits per heavy atom. The molecule has 0 aromatic heterocycles. The Hall–Kier alpha value is -0.0800. The van der Waals surface area contributed by atoms with Crippen LogP contribution in [0.3, 0.4) is 0 Å². The lowest BCUT2D eigenvalue weighted by molar-refractivity contribution is -0.118. The molecule has 0 bridgehead atoms. The van der Waals surface area contributed by atoms with Gasteiger partial charge in [-0.3, -0.25) is 0 Å². The Balaban J connectivity index is 2.20. The molecular formula is C17H32O2. The monoisotopic (exact) mass is 268 g/mol. The maximum absolute atomic E-state index is 11.3. The standard InChI is InChI=1S/C17H32O2/c1-14(2)8-7-9-17(18,11-10-14)13-12-15(3,4)19-16(13,5)6/h13,18H,7-12H2,1-6H3. The van der Waals surface area contributed by atoms with Crippen LogP contribution >= 0.6 is 0 Å². The summed E-state index contributed by atoms with van der Waals surface area (Å²) in [5.74, 6) is 0.254. The second-order valence-electron chi connectivity index (χ2n) is 8.84. The molecule has 0 spiro atoms. The van der Waals surface area contributed by atoms with E-state index in [-0.39, 0.29) is 17.1 Å². The van der Waals surface area contributed by atoms with E-state index in [4.69, 9.17) is 4.74 Å². The second-order valence-corrected chi connectivity index (χ2v) is 8.84. The van der Waals surface area contributed by atoms with Crippen molar-refractivity contribution in [3.63, 3.8) is 0 Å². The number of rotatable bonds is 1. The van der Waals surface area contributed by atoms with E-state index >= 15 is 0 Å². The smallest absolute Gasteiger partial charge is 0.0704 e. The summed E-state index contributed by atoms with van der Waals surface area (Å²) in [5.41, 5.74) is -0.479. The van der Waals surface area contributed by atoms with E-state index in [1.807, 2.05) is 0 Å². The van der Waals surface area contributed by atoms with Gasteiger partial charge in [0.15, 0.2) is 0 Å². The minimum Gasteiger partial charge on any atom is -0.389 e. The lowest BCUT2D eigenvalue weighted by Crippen LogP contribution is -2.46. The topological polar surface area (TPSA) is 29.5 Å². The zero-order chi connectivity index (χ0) is 14.5. The number of hydrogen-bond acceptors (Lipinski definition) is 2. The summed E-state index contributed by atoms with van der Waals surface area (Å²) in [6, 6.07) is 0. The minimum atomic E-state index is -0.537. The predicted molar refractivity (Wildman–Crippen MR) is 79.2 cm³/mol. The van der Waals surface area contributed by atoms with Gasteiger partial charge in [0.2, 0.25) is 0 Å². The van der Waals surface area contributed by atoms with Crippen molar-refractivity contribution in [2.45, 2.75) is 96.9 Å². The molecule has 1 aliphatic heterocycles. The first-order valence-electron chi connectivity index (χ1n) is 7.89. The van der Waals surface area contributed by atoms with Crippen molar-refractivity contribution >= 4 is 0 Å². The van der Waals surface area contributed by atoms with Crippen molar-refractivity contribution in [3.05, 3.63) is 0 Å². The molecule has 2 atom stereocenters. The van der Waals surface area contributed by atoms with Crippen molar-refractivity contribution in [1.82, 2.24) is 0 Å². The first-order chi connectivity index (χ1) is 8.46. The largest absolute Gasteiger partial charge is 0.389 e. The maximum atomic E-state index is 11.3. The van der Waals surface area contributed by atoms with Gasteiger partial charge in [0, 0.05) is 5.92 Å². The third-order valence-corrected chi connectivity index (χ3v) is 5.42. The van der Waals surface area contributed by atoms with E-state index in [0.717, 1.165) is 32.1 Å². The van der Waals surface area contributed by atoms with Gasteiger partial charge in [-0.15, -0.1) is 0 Å². The highest BCUT2D eigenvalue weighted by atomic mass is 16.5. The van der Waals surface area contributed by atoms with Gasteiger partial charge in [-0.05, 0) is 65.2 Å². The number of aliphatic hydroxyl groups is 1. The molecule has 2 unspecified atom stereocenters. The quantitative estimate of drug-likeness (QED) is 0.718. The molecule has 0 radical (unpaired) electrons. The molecule has 0 amide bonds. The van der Waals surface area contributed by atoms with Gasteiger partial charge in [0.1, 0.15) is 0 Å².